The maximum atomic E-state index is 12.3. The van der Waals surface area contributed by atoms with Gasteiger partial charge in [-0.2, -0.15) is 0 Å². The number of hydrogen-bond acceptors (Lipinski definition) is 4. The van der Waals surface area contributed by atoms with Gasteiger partial charge in [0.25, 0.3) is 0 Å². The van der Waals surface area contributed by atoms with Gasteiger partial charge < -0.3 is 19.7 Å². The maximum absolute atomic E-state index is 12.3. The highest BCUT2D eigenvalue weighted by atomic mass is 16.7. The fraction of sp³-hybridized carbons (Fsp3) is 0.588. The number of nitrogens with one attached hydrogen (secondary N) is 1. The molecule has 0 spiro atoms. The summed E-state index contributed by atoms with van der Waals surface area (Å²) in [5, 5.41) is 2.99. The first kappa shape index (κ1) is 15.9. The zero-order chi connectivity index (χ0) is 16.1. The van der Waals surface area contributed by atoms with Crippen LogP contribution in [-0.4, -0.2) is 55.3 Å². The lowest BCUT2D eigenvalue weighted by Crippen LogP contribution is -2.51. The zero-order valence-corrected chi connectivity index (χ0v) is 13.7. The number of benzene rings is 1. The van der Waals surface area contributed by atoms with Crippen molar-refractivity contribution in [3.63, 3.8) is 0 Å². The molecule has 0 aromatic heterocycles. The largest absolute Gasteiger partial charge is 0.454 e. The second kappa shape index (κ2) is 7.55. The van der Waals surface area contributed by atoms with E-state index >= 15 is 0 Å². The highest BCUT2D eigenvalue weighted by Gasteiger charge is 2.20. The Balaban J connectivity index is 1.43. The minimum Gasteiger partial charge on any atom is -0.454 e. The number of fused-ring (bicyclic) bond motifs is 1. The van der Waals surface area contributed by atoms with Crippen LogP contribution in [0.25, 0.3) is 0 Å². The van der Waals surface area contributed by atoms with Gasteiger partial charge in [0.1, 0.15) is 0 Å². The molecule has 0 saturated carbocycles. The number of piperazine rings is 1. The summed E-state index contributed by atoms with van der Waals surface area (Å²) in [4.78, 5) is 16.6. The summed E-state index contributed by atoms with van der Waals surface area (Å²) in [6.07, 6.45) is 2.45. The highest BCUT2D eigenvalue weighted by molar-refractivity contribution is 5.74. The quantitative estimate of drug-likeness (QED) is 0.902. The molecule has 23 heavy (non-hydrogen) atoms. The van der Waals surface area contributed by atoms with Gasteiger partial charge in [-0.05, 0) is 30.7 Å². The maximum Gasteiger partial charge on any atom is 0.317 e. The van der Waals surface area contributed by atoms with Gasteiger partial charge in [-0.3, -0.25) is 4.90 Å². The predicted octanol–water partition coefficient (Wildman–Crippen LogP) is 2.04. The van der Waals surface area contributed by atoms with E-state index in [1.165, 1.54) is 12.8 Å². The van der Waals surface area contributed by atoms with E-state index in [2.05, 4.69) is 17.1 Å². The zero-order valence-electron chi connectivity index (χ0n) is 13.7. The van der Waals surface area contributed by atoms with Crippen molar-refractivity contribution in [1.82, 2.24) is 15.1 Å². The van der Waals surface area contributed by atoms with Gasteiger partial charge in [0.2, 0.25) is 6.79 Å². The van der Waals surface area contributed by atoms with Gasteiger partial charge in [0.05, 0.1) is 0 Å². The highest BCUT2D eigenvalue weighted by Crippen LogP contribution is 2.32. The first-order valence-corrected chi connectivity index (χ1v) is 8.40. The monoisotopic (exact) mass is 319 g/mol. The molecule has 6 nitrogen and oxygen atoms in total. The smallest absolute Gasteiger partial charge is 0.317 e. The lowest BCUT2D eigenvalue weighted by molar-refractivity contribution is 0.138. The Kier molecular flexibility index (Phi) is 5.23. The molecule has 0 bridgehead atoms. The fourth-order valence-electron chi connectivity index (χ4n) is 2.90. The van der Waals surface area contributed by atoms with Gasteiger partial charge in [-0.25, -0.2) is 4.79 Å². The number of urea groups is 1. The number of ether oxygens (including phenoxy) is 2. The number of amides is 2. The van der Waals surface area contributed by atoms with Crippen molar-refractivity contribution in [3.8, 4) is 11.5 Å². The average molecular weight is 319 g/mol. The standard InChI is InChI=1S/C17H25N3O3/c1-2-3-6-19-7-9-20(10-8-19)17(21)18-12-14-4-5-15-16(11-14)23-13-22-15/h4-5,11H,2-3,6-10,12-13H2,1H3,(H,18,21). The molecule has 1 fully saturated rings. The fourth-order valence-corrected chi connectivity index (χ4v) is 2.90. The van der Waals surface area contributed by atoms with Crippen LogP contribution in [0.1, 0.15) is 25.3 Å². The summed E-state index contributed by atoms with van der Waals surface area (Å²) in [5.74, 6) is 1.52. The van der Waals surface area contributed by atoms with Crippen LogP contribution < -0.4 is 14.8 Å². The topological polar surface area (TPSA) is 54.0 Å². The van der Waals surface area contributed by atoms with Crippen LogP contribution in [0.5, 0.6) is 11.5 Å². The lowest BCUT2D eigenvalue weighted by Gasteiger charge is -2.34. The summed E-state index contributed by atoms with van der Waals surface area (Å²) >= 11 is 0. The number of rotatable bonds is 5. The first-order valence-electron chi connectivity index (χ1n) is 8.40. The molecule has 1 aromatic carbocycles. The van der Waals surface area contributed by atoms with E-state index in [0.717, 1.165) is 49.8 Å². The molecule has 0 unspecified atom stereocenters. The van der Waals surface area contributed by atoms with Crippen LogP contribution in [0.2, 0.25) is 0 Å². The van der Waals surface area contributed by atoms with Gasteiger partial charge >= 0.3 is 6.03 Å². The molecule has 2 heterocycles. The molecular formula is C17H25N3O3. The molecule has 2 amide bonds. The third-order valence-corrected chi connectivity index (χ3v) is 4.37. The van der Waals surface area contributed by atoms with Crippen molar-refractivity contribution in [2.24, 2.45) is 0 Å². The number of nitrogens with zero attached hydrogens (tertiary/aromatic N) is 2. The summed E-state index contributed by atoms with van der Waals surface area (Å²) < 4.78 is 10.6. The number of unbranched alkanes of at least 4 members (excludes halogenated alkanes) is 1. The Morgan fingerprint density at radius 3 is 2.74 bits per heavy atom. The number of carbonyl (C=O) groups is 1. The van der Waals surface area contributed by atoms with Gasteiger partial charge in [-0.1, -0.05) is 19.4 Å². The Morgan fingerprint density at radius 1 is 1.17 bits per heavy atom. The van der Waals surface area contributed by atoms with Crippen molar-refractivity contribution in [2.75, 3.05) is 39.5 Å². The Hall–Kier alpha value is -1.95. The van der Waals surface area contributed by atoms with E-state index in [1.54, 1.807) is 0 Å². The van der Waals surface area contributed by atoms with Crippen LogP contribution >= 0.6 is 0 Å². The Bertz CT molecular complexity index is 542. The number of hydrogen-bond donors (Lipinski definition) is 1. The second-order valence-corrected chi connectivity index (χ2v) is 6.03. The molecule has 3 rings (SSSR count). The van der Waals surface area contributed by atoms with Crippen LogP contribution in [0.15, 0.2) is 18.2 Å². The Labute approximate surface area is 137 Å². The third-order valence-electron chi connectivity index (χ3n) is 4.37. The molecule has 0 radical (unpaired) electrons. The molecule has 2 aliphatic rings. The molecule has 6 heteroatoms. The minimum atomic E-state index is 0.0119. The van der Waals surface area contributed by atoms with Crippen molar-refractivity contribution in [1.29, 1.82) is 0 Å². The second-order valence-electron chi connectivity index (χ2n) is 6.03. The summed E-state index contributed by atoms with van der Waals surface area (Å²) in [7, 11) is 0. The third kappa shape index (κ3) is 4.07. The van der Waals surface area contributed by atoms with Crippen LogP contribution in [0, 0.1) is 0 Å². The van der Waals surface area contributed by atoms with Gasteiger partial charge in [0.15, 0.2) is 11.5 Å². The molecule has 0 aliphatic carbocycles. The molecule has 1 saturated heterocycles. The average Bonchev–Trinajstić information content (AvgIpc) is 3.06. The molecule has 2 aliphatic heterocycles. The summed E-state index contributed by atoms with van der Waals surface area (Å²) in [5.41, 5.74) is 1.02. The van der Waals surface area contributed by atoms with Crippen molar-refractivity contribution in [2.45, 2.75) is 26.3 Å². The van der Waals surface area contributed by atoms with E-state index in [0.29, 0.717) is 6.54 Å². The van der Waals surface area contributed by atoms with Gasteiger partial charge in [0, 0.05) is 32.7 Å². The van der Waals surface area contributed by atoms with E-state index in [1.807, 2.05) is 23.1 Å². The van der Waals surface area contributed by atoms with E-state index in [-0.39, 0.29) is 12.8 Å². The SMILES string of the molecule is CCCCN1CCN(C(=O)NCc2ccc3c(c2)OCO3)CC1. The predicted molar refractivity (Wildman–Crippen MR) is 87.7 cm³/mol. The summed E-state index contributed by atoms with van der Waals surface area (Å²) in [6.45, 7) is 7.67. The summed E-state index contributed by atoms with van der Waals surface area (Å²) in [6, 6.07) is 5.77. The number of carbonyl (C=O) groups excluding carboxylic acids is 1. The molecule has 0 atom stereocenters. The van der Waals surface area contributed by atoms with Crippen LogP contribution in [-0.2, 0) is 6.54 Å². The normalized spacial score (nSPS) is 17.3. The van der Waals surface area contributed by atoms with E-state index < -0.39 is 0 Å². The molecule has 126 valence electrons. The van der Waals surface area contributed by atoms with Crippen LogP contribution in [0.4, 0.5) is 4.79 Å². The van der Waals surface area contributed by atoms with Crippen LogP contribution in [0.3, 0.4) is 0 Å². The van der Waals surface area contributed by atoms with Gasteiger partial charge in [-0.15, -0.1) is 0 Å². The van der Waals surface area contributed by atoms with E-state index in [9.17, 15) is 4.79 Å². The molecule has 1 aromatic rings. The van der Waals surface area contributed by atoms with Crippen molar-refractivity contribution in [3.05, 3.63) is 23.8 Å². The molecular weight excluding hydrogens is 294 g/mol. The first-order chi connectivity index (χ1) is 11.3. The van der Waals surface area contributed by atoms with Crippen molar-refractivity contribution >= 4 is 6.03 Å². The molecule has 1 N–H and O–H groups in total. The van der Waals surface area contributed by atoms with E-state index in [4.69, 9.17) is 9.47 Å². The lowest BCUT2D eigenvalue weighted by atomic mass is 10.2. The minimum absolute atomic E-state index is 0.0119. The van der Waals surface area contributed by atoms with Crippen molar-refractivity contribution < 1.29 is 14.3 Å². The Morgan fingerprint density at radius 2 is 1.96 bits per heavy atom.